The van der Waals surface area contributed by atoms with Gasteiger partial charge >= 0.3 is 0 Å². The summed E-state index contributed by atoms with van der Waals surface area (Å²) in [6.07, 6.45) is 3.38. The quantitative estimate of drug-likeness (QED) is 0.644. The van der Waals surface area contributed by atoms with Crippen molar-refractivity contribution in [3.8, 4) is 0 Å². The molecule has 0 spiro atoms. The predicted molar refractivity (Wildman–Crippen MR) is 135 cm³/mol. The lowest BCUT2D eigenvalue weighted by Gasteiger charge is -2.37. The number of piperazine rings is 1. The minimum atomic E-state index is 0. The largest absolute Gasteiger partial charge is 0.368 e. The van der Waals surface area contributed by atoms with Crippen LogP contribution in [0.4, 0.5) is 5.69 Å². The summed E-state index contributed by atoms with van der Waals surface area (Å²) in [6.45, 7) is 10.3. The summed E-state index contributed by atoms with van der Waals surface area (Å²) < 4.78 is 0. The van der Waals surface area contributed by atoms with E-state index in [0.717, 1.165) is 37.2 Å². The number of benzene rings is 1. The van der Waals surface area contributed by atoms with Crippen LogP contribution in [0.3, 0.4) is 0 Å². The Hall–Kier alpha value is -1.50. The maximum atomic E-state index is 13.1. The molecule has 1 saturated carbocycles. The number of hydrogen-bond donors (Lipinski definition) is 2. The second-order valence-electron chi connectivity index (χ2n) is 9.35. The number of hydrogen-bond acceptors (Lipinski definition) is 4. The smallest absolute Gasteiger partial charge is 0.236 e. The molecule has 0 aromatic heterocycles. The minimum absolute atomic E-state index is 0. The van der Waals surface area contributed by atoms with E-state index < -0.39 is 0 Å². The van der Waals surface area contributed by atoms with Gasteiger partial charge in [0.25, 0.3) is 0 Å². The van der Waals surface area contributed by atoms with E-state index in [9.17, 15) is 9.59 Å². The van der Waals surface area contributed by atoms with Crippen molar-refractivity contribution in [1.29, 1.82) is 0 Å². The highest BCUT2D eigenvalue weighted by atomic mass is 35.5. The number of carbonyl (C=O) groups is 2. The van der Waals surface area contributed by atoms with E-state index in [0.29, 0.717) is 37.4 Å². The number of nitrogens with two attached hydrogens (primary N) is 1. The SMILES string of the molecule is CC(C)[C@@H]1CC[C@@H](C)C[C@H]1C(=O)NCc1ccccc1N1CCN(C(=O)CN)CC1.Cl.Cl. The highest BCUT2D eigenvalue weighted by molar-refractivity contribution is 5.85. The maximum Gasteiger partial charge on any atom is 0.236 e. The number of halogens is 2. The van der Waals surface area contributed by atoms with Gasteiger partial charge in [-0.3, -0.25) is 9.59 Å². The first-order chi connectivity index (χ1) is 14.4. The molecule has 0 bridgehead atoms. The van der Waals surface area contributed by atoms with Crippen LogP contribution in [0.1, 0.15) is 45.6 Å². The molecule has 32 heavy (non-hydrogen) atoms. The normalized spacial score (nSPS) is 23.2. The number of anilines is 1. The summed E-state index contributed by atoms with van der Waals surface area (Å²) in [5.41, 5.74) is 7.78. The average molecular weight is 488 g/mol. The monoisotopic (exact) mass is 486 g/mol. The third kappa shape index (κ3) is 7.00. The first-order valence-corrected chi connectivity index (χ1v) is 11.5. The van der Waals surface area contributed by atoms with Gasteiger partial charge in [-0.05, 0) is 42.2 Å². The van der Waals surface area contributed by atoms with E-state index in [-0.39, 0.29) is 49.1 Å². The Morgan fingerprint density at radius 1 is 1.09 bits per heavy atom. The number of para-hydroxylation sites is 1. The fourth-order valence-corrected chi connectivity index (χ4v) is 5.11. The van der Waals surface area contributed by atoms with Crippen molar-refractivity contribution in [3.63, 3.8) is 0 Å². The van der Waals surface area contributed by atoms with Crippen LogP contribution in [0.25, 0.3) is 0 Å². The molecule has 3 atom stereocenters. The molecule has 3 N–H and O–H groups in total. The zero-order valence-electron chi connectivity index (χ0n) is 19.6. The highest BCUT2D eigenvalue weighted by Crippen LogP contribution is 2.38. The second kappa shape index (κ2) is 13.3. The zero-order chi connectivity index (χ0) is 21.7. The van der Waals surface area contributed by atoms with E-state index in [1.54, 1.807) is 0 Å². The Labute approximate surface area is 205 Å². The van der Waals surface area contributed by atoms with Gasteiger partial charge in [0.2, 0.25) is 11.8 Å². The lowest BCUT2D eigenvalue weighted by molar-refractivity contribution is -0.130. The topological polar surface area (TPSA) is 78.7 Å². The van der Waals surface area contributed by atoms with Crippen LogP contribution >= 0.6 is 24.8 Å². The van der Waals surface area contributed by atoms with Crippen molar-refractivity contribution < 1.29 is 9.59 Å². The van der Waals surface area contributed by atoms with Crippen molar-refractivity contribution in [2.45, 2.75) is 46.6 Å². The Balaban J connectivity index is 0.00000256. The molecule has 0 unspecified atom stereocenters. The molecular formula is C24H40Cl2N4O2. The van der Waals surface area contributed by atoms with Gasteiger partial charge in [-0.25, -0.2) is 0 Å². The summed E-state index contributed by atoms with van der Waals surface area (Å²) >= 11 is 0. The van der Waals surface area contributed by atoms with Gasteiger partial charge in [-0.1, -0.05) is 45.4 Å². The molecule has 1 aliphatic heterocycles. The van der Waals surface area contributed by atoms with Crippen LogP contribution in [0.5, 0.6) is 0 Å². The average Bonchev–Trinajstić information content (AvgIpc) is 2.77. The van der Waals surface area contributed by atoms with Crippen molar-refractivity contribution in [2.75, 3.05) is 37.6 Å². The van der Waals surface area contributed by atoms with E-state index in [1.165, 1.54) is 6.42 Å². The molecule has 1 aromatic carbocycles. The van der Waals surface area contributed by atoms with Gasteiger partial charge in [0, 0.05) is 44.3 Å². The molecule has 1 aliphatic carbocycles. The number of nitrogens with zero attached hydrogens (tertiary/aromatic N) is 2. The molecule has 6 nitrogen and oxygen atoms in total. The third-order valence-electron chi connectivity index (χ3n) is 6.95. The molecule has 8 heteroatoms. The maximum absolute atomic E-state index is 13.1. The molecule has 2 amide bonds. The van der Waals surface area contributed by atoms with Crippen molar-refractivity contribution >= 4 is 42.3 Å². The van der Waals surface area contributed by atoms with Crippen molar-refractivity contribution in [1.82, 2.24) is 10.2 Å². The Morgan fingerprint density at radius 2 is 1.75 bits per heavy atom. The van der Waals surface area contributed by atoms with E-state index >= 15 is 0 Å². The fourth-order valence-electron chi connectivity index (χ4n) is 5.11. The molecule has 0 radical (unpaired) electrons. The van der Waals surface area contributed by atoms with Gasteiger partial charge in [0.15, 0.2) is 0 Å². The lowest BCUT2D eigenvalue weighted by atomic mass is 9.70. The van der Waals surface area contributed by atoms with Crippen molar-refractivity contribution in [2.24, 2.45) is 29.4 Å². The first kappa shape index (κ1) is 28.5. The van der Waals surface area contributed by atoms with Gasteiger partial charge < -0.3 is 20.9 Å². The molecule has 3 rings (SSSR count). The Kier molecular flexibility index (Phi) is 11.8. The van der Waals surface area contributed by atoms with Gasteiger partial charge in [-0.15, -0.1) is 24.8 Å². The van der Waals surface area contributed by atoms with Gasteiger partial charge in [0.1, 0.15) is 0 Å². The Morgan fingerprint density at radius 3 is 2.38 bits per heavy atom. The summed E-state index contributed by atoms with van der Waals surface area (Å²) in [5.74, 6) is 1.96. The molecule has 2 fully saturated rings. The highest BCUT2D eigenvalue weighted by Gasteiger charge is 2.35. The first-order valence-electron chi connectivity index (χ1n) is 11.5. The van der Waals surface area contributed by atoms with Crippen LogP contribution < -0.4 is 16.0 Å². The van der Waals surface area contributed by atoms with Crippen molar-refractivity contribution in [3.05, 3.63) is 29.8 Å². The molecule has 2 aliphatic rings. The standard InChI is InChI=1S/C24H38N4O2.2ClH/c1-17(2)20-9-8-18(3)14-21(20)24(30)26-16-19-6-4-5-7-22(19)27-10-12-28(13-11-27)23(29)15-25;;/h4-7,17-18,20-21H,8-16,25H2,1-3H3,(H,26,30);2*1H/t18-,20+,21-;;/m1../s1. The van der Waals surface area contributed by atoms with Crippen LogP contribution in [0.2, 0.25) is 0 Å². The Bertz CT molecular complexity index is 738. The van der Waals surface area contributed by atoms with E-state index in [2.05, 4.69) is 43.1 Å². The number of amides is 2. The van der Waals surface area contributed by atoms with Crippen LogP contribution in [-0.4, -0.2) is 49.4 Å². The molecule has 1 aromatic rings. The zero-order valence-corrected chi connectivity index (χ0v) is 21.2. The van der Waals surface area contributed by atoms with Crippen LogP contribution in [0.15, 0.2) is 24.3 Å². The minimum Gasteiger partial charge on any atom is -0.368 e. The number of carbonyl (C=O) groups excluding carboxylic acids is 2. The third-order valence-corrected chi connectivity index (χ3v) is 6.95. The molecule has 182 valence electrons. The molecular weight excluding hydrogens is 447 g/mol. The summed E-state index contributed by atoms with van der Waals surface area (Å²) in [7, 11) is 0. The van der Waals surface area contributed by atoms with E-state index in [1.807, 2.05) is 17.0 Å². The fraction of sp³-hybridized carbons (Fsp3) is 0.667. The molecule has 1 heterocycles. The lowest BCUT2D eigenvalue weighted by Crippen LogP contribution is -2.50. The summed E-state index contributed by atoms with van der Waals surface area (Å²) in [6, 6.07) is 8.27. The van der Waals surface area contributed by atoms with E-state index in [4.69, 9.17) is 5.73 Å². The second-order valence-corrected chi connectivity index (χ2v) is 9.35. The molecule has 1 saturated heterocycles. The number of nitrogens with one attached hydrogen (secondary N) is 1. The van der Waals surface area contributed by atoms with Gasteiger partial charge in [-0.2, -0.15) is 0 Å². The van der Waals surface area contributed by atoms with Crippen LogP contribution in [0, 0.1) is 23.7 Å². The number of rotatable bonds is 6. The van der Waals surface area contributed by atoms with Crippen LogP contribution in [-0.2, 0) is 16.1 Å². The van der Waals surface area contributed by atoms with Gasteiger partial charge in [0.05, 0.1) is 6.54 Å². The summed E-state index contributed by atoms with van der Waals surface area (Å²) in [5, 5.41) is 3.24. The summed E-state index contributed by atoms with van der Waals surface area (Å²) in [4.78, 5) is 29.1. The predicted octanol–water partition coefficient (Wildman–Crippen LogP) is 3.46.